The van der Waals surface area contributed by atoms with Crippen LogP contribution < -0.4 is 16.4 Å². The third kappa shape index (κ3) is 7.13. The van der Waals surface area contributed by atoms with E-state index in [4.69, 9.17) is 5.73 Å². The fourth-order valence-electron chi connectivity index (χ4n) is 3.02. The molecule has 0 saturated carbocycles. The smallest absolute Gasteiger partial charge is 0.241 e. The van der Waals surface area contributed by atoms with Crippen molar-refractivity contribution in [2.45, 2.75) is 39.3 Å². The monoisotopic (exact) mass is 410 g/mol. The normalized spacial score (nSPS) is 15.5. The van der Waals surface area contributed by atoms with Gasteiger partial charge in [-0.3, -0.25) is 14.4 Å². The summed E-state index contributed by atoms with van der Waals surface area (Å²) in [5, 5.41) is 5.56. The Hall–Kier alpha value is -2.12. The minimum Gasteiger partial charge on any atom is -0.352 e. The number of carbonyl (C=O) groups excluding carboxylic acids is 3. The maximum atomic E-state index is 12.3. The highest BCUT2D eigenvalue weighted by atomic mass is 35.5. The van der Waals surface area contributed by atoms with Crippen molar-refractivity contribution in [2.75, 3.05) is 19.6 Å². The molecule has 28 heavy (non-hydrogen) atoms. The van der Waals surface area contributed by atoms with Crippen LogP contribution in [0.25, 0.3) is 0 Å². The van der Waals surface area contributed by atoms with Gasteiger partial charge < -0.3 is 21.3 Å². The molecule has 156 valence electrons. The van der Waals surface area contributed by atoms with E-state index in [1.807, 2.05) is 44.2 Å². The van der Waals surface area contributed by atoms with Crippen LogP contribution in [0.4, 0.5) is 0 Å². The van der Waals surface area contributed by atoms with Crippen molar-refractivity contribution in [2.24, 2.45) is 17.6 Å². The van der Waals surface area contributed by atoms with Gasteiger partial charge in [0.1, 0.15) is 0 Å². The van der Waals surface area contributed by atoms with Crippen molar-refractivity contribution in [3.63, 3.8) is 0 Å². The molecule has 1 aliphatic rings. The van der Waals surface area contributed by atoms with Crippen molar-refractivity contribution in [1.29, 1.82) is 0 Å². The summed E-state index contributed by atoms with van der Waals surface area (Å²) >= 11 is 0. The number of amides is 3. The number of nitrogens with zero attached hydrogens (tertiary/aromatic N) is 1. The summed E-state index contributed by atoms with van der Waals surface area (Å²) in [6, 6.07) is 9.16. The summed E-state index contributed by atoms with van der Waals surface area (Å²) in [4.78, 5) is 38.1. The zero-order valence-corrected chi connectivity index (χ0v) is 17.3. The molecule has 4 N–H and O–H groups in total. The van der Waals surface area contributed by atoms with Crippen molar-refractivity contribution >= 4 is 30.1 Å². The quantitative estimate of drug-likeness (QED) is 0.625. The van der Waals surface area contributed by atoms with Crippen LogP contribution in [0.15, 0.2) is 30.3 Å². The number of piperidine rings is 1. The number of hydrogen-bond donors (Lipinski definition) is 3. The lowest BCUT2D eigenvalue weighted by molar-refractivity contribution is -0.136. The van der Waals surface area contributed by atoms with Gasteiger partial charge in [0.2, 0.25) is 17.7 Å². The minimum absolute atomic E-state index is 0. The van der Waals surface area contributed by atoms with Crippen molar-refractivity contribution in [3.05, 3.63) is 35.9 Å². The Bertz CT molecular complexity index is 646. The van der Waals surface area contributed by atoms with E-state index in [1.165, 1.54) is 0 Å². The molecule has 7 nitrogen and oxygen atoms in total. The van der Waals surface area contributed by atoms with E-state index in [1.54, 1.807) is 4.90 Å². The van der Waals surface area contributed by atoms with E-state index in [0.717, 1.165) is 5.56 Å². The molecule has 0 spiro atoms. The van der Waals surface area contributed by atoms with Gasteiger partial charge in [0.25, 0.3) is 0 Å². The van der Waals surface area contributed by atoms with Gasteiger partial charge in [-0.15, -0.1) is 12.4 Å². The topological polar surface area (TPSA) is 105 Å². The number of likely N-dealkylation sites (tertiary alicyclic amines) is 1. The summed E-state index contributed by atoms with van der Waals surface area (Å²) in [5.41, 5.74) is 6.83. The predicted octanol–water partition coefficient (Wildman–Crippen LogP) is 1.06. The summed E-state index contributed by atoms with van der Waals surface area (Å²) in [7, 11) is 0. The maximum absolute atomic E-state index is 12.3. The molecule has 0 radical (unpaired) electrons. The molecule has 2 rings (SSSR count). The highest BCUT2D eigenvalue weighted by Gasteiger charge is 2.27. The average molecular weight is 411 g/mol. The van der Waals surface area contributed by atoms with Crippen LogP contribution in [-0.2, 0) is 20.9 Å². The second-order valence-corrected chi connectivity index (χ2v) is 7.35. The Morgan fingerprint density at radius 3 is 2.29 bits per heavy atom. The lowest BCUT2D eigenvalue weighted by Gasteiger charge is -2.31. The minimum atomic E-state index is -0.614. The van der Waals surface area contributed by atoms with Gasteiger partial charge in [-0.1, -0.05) is 44.2 Å². The number of halogens is 1. The highest BCUT2D eigenvalue weighted by Crippen LogP contribution is 2.17. The number of nitrogens with two attached hydrogens (primary N) is 1. The largest absolute Gasteiger partial charge is 0.352 e. The molecule has 0 aliphatic carbocycles. The second kappa shape index (κ2) is 11.7. The summed E-state index contributed by atoms with van der Waals surface area (Å²) in [5.74, 6) is -0.481. The van der Waals surface area contributed by atoms with Gasteiger partial charge in [-0.25, -0.2) is 0 Å². The second-order valence-electron chi connectivity index (χ2n) is 7.35. The Balaban J connectivity index is 0.00000392. The first-order valence-electron chi connectivity index (χ1n) is 9.51. The van der Waals surface area contributed by atoms with Crippen LogP contribution in [-0.4, -0.2) is 48.3 Å². The SMILES string of the molecule is CC(C)[C@H](N)C(=O)NCC(=O)N1CCC(C(=O)NCc2ccccc2)CC1.Cl. The molecular formula is C20H31ClN4O3. The van der Waals surface area contributed by atoms with Crippen LogP contribution in [0, 0.1) is 11.8 Å². The molecular weight excluding hydrogens is 380 g/mol. The Morgan fingerprint density at radius 1 is 1.11 bits per heavy atom. The van der Waals surface area contributed by atoms with E-state index in [-0.39, 0.29) is 48.5 Å². The molecule has 1 aromatic rings. The zero-order chi connectivity index (χ0) is 19.8. The number of carbonyl (C=O) groups is 3. The first-order chi connectivity index (χ1) is 12.9. The van der Waals surface area contributed by atoms with Gasteiger partial charge in [0.05, 0.1) is 12.6 Å². The molecule has 1 heterocycles. The molecule has 1 aromatic carbocycles. The Kier molecular flexibility index (Phi) is 9.96. The molecule has 3 amide bonds. The van der Waals surface area contributed by atoms with E-state index in [2.05, 4.69) is 10.6 Å². The van der Waals surface area contributed by atoms with Crippen LogP contribution in [0.2, 0.25) is 0 Å². The first kappa shape index (κ1) is 23.9. The van der Waals surface area contributed by atoms with Gasteiger partial charge in [0.15, 0.2) is 0 Å². The third-order valence-corrected chi connectivity index (χ3v) is 4.96. The van der Waals surface area contributed by atoms with Gasteiger partial charge >= 0.3 is 0 Å². The molecule has 0 unspecified atom stereocenters. The van der Waals surface area contributed by atoms with E-state index in [0.29, 0.717) is 32.5 Å². The Morgan fingerprint density at radius 2 is 1.71 bits per heavy atom. The van der Waals surface area contributed by atoms with Crippen molar-refractivity contribution in [3.8, 4) is 0 Å². The van der Waals surface area contributed by atoms with Gasteiger partial charge in [0, 0.05) is 25.6 Å². The van der Waals surface area contributed by atoms with Gasteiger partial charge in [-0.05, 0) is 24.3 Å². The third-order valence-electron chi connectivity index (χ3n) is 4.96. The molecule has 0 bridgehead atoms. The van der Waals surface area contributed by atoms with Crippen molar-refractivity contribution in [1.82, 2.24) is 15.5 Å². The van der Waals surface area contributed by atoms with E-state index < -0.39 is 6.04 Å². The number of benzene rings is 1. The van der Waals surface area contributed by atoms with E-state index in [9.17, 15) is 14.4 Å². The maximum Gasteiger partial charge on any atom is 0.241 e. The van der Waals surface area contributed by atoms with Crippen LogP contribution >= 0.6 is 12.4 Å². The molecule has 0 aromatic heterocycles. The van der Waals surface area contributed by atoms with Crippen LogP contribution in [0.5, 0.6) is 0 Å². The number of rotatable bonds is 7. The predicted molar refractivity (Wildman–Crippen MR) is 111 cm³/mol. The highest BCUT2D eigenvalue weighted by molar-refractivity contribution is 5.87. The molecule has 1 atom stereocenters. The van der Waals surface area contributed by atoms with Crippen LogP contribution in [0.1, 0.15) is 32.3 Å². The number of hydrogen-bond acceptors (Lipinski definition) is 4. The molecule has 8 heteroatoms. The average Bonchev–Trinajstić information content (AvgIpc) is 2.70. The Labute approximate surface area is 172 Å². The molecule has 1 fully saturated rings. The van der Waals surface area contributed by atoms with E-state index >= 15 is 0 Å². The van der Waals surface area contributed by atoms with Gasteiger partial charge in [-0.2, -0.15) is 0 Å². The summed E-state index contributed by atoms with van der Waals surface area (Å²) < 4.78 is 0. The summed E-state index contributed by atoms with van der Waals surface area (Å²) in [6.45, 7) is 5.23. The number of nitrogens with one attached hydrogen (secondary N) is 2. The molecule has 1 aliphatic heterocycles. The molecule has 1 saturated heterocycles. The lowest BCUT2D eigenvalue weighted by atomic mass is 9.95. The zero-order valence-electron chi connectivity index (χ0n) is 16.5. The van der Waals surface area contributed by atoms with Crippen molar-refractivity contribution < 1.29 is 14.4 Å². The summed E-state index contributed by atoms with van der Waals surface area (Å²) in [6.07, 6.45) is 1.26. The van der Waals surface area contributed by atoms with Crippen LogP contribution in [0.3, 0.4) is 0 Å². The lowest BCUT2D eigenvalue weighted by Crippen LogP contribution is -2.49. The standard InChI is InChI=1S/C20H30N4O3.ClH/c1-14(2)18(21)20(27)23-13-17(25)24-10-8-16(9-11-24)19(26)22-12-15-6-4-3-5-7-15;/h3-7,14,16,18H,8-13,21H2,1-2H3,(H,22,26)(H,23,27);1H/t18-;/m0./s1. The fourth-order valence-corrected chi connectivity index (χ4v) is 3.02. The fraction of sp³-hybridized carbons (Fsp3) is 0.550. The first-order valence-corrected chi connectivity index (χ1v) is 9.51.